The van der Waals surface area contributed by atoms with E-state index in [2.05, 4.69) is 48.8 Å². The van der Waals surface area contributed by atoms with Crippen LogP contribution in [0.15, 0.2) is 53.7 Å². The number of nitrogens with one attached hydrogen (secondary N) is 3. The summed E-state index contributed by atoms with van der Waals surface area (Å²) in [5.74, 6) is 1.23. The number of likely N-dealkylation sites (N-methyl/N-ethyl adjacent to an activating group) is 1. The molecule has 1 amide bonds. The van der Waals surface area contributed by atoms with E-state index < -0.39 is 5.41 Å². The molecule has 9 nitrogen and oxygen atoms in total. The van der Waals surface area contributed by atoms with E-state index >= 15 is 0 Å². The molecule has 1 saturated heterocycles. The first-order valence-corrected chi connectivity index (χ1v) is 13.3. The molecule has 38 heavy (non-hydrogen) atoms. The molecule has 5 rings (SSSR count). The van der Waals surface area contributed by atoms with Crippen LogP contribution in [0, 0.1) is 11.7 Å². The number of carbonyl (C=O) groups is 1. The van der Waals surface area contributed by atoms with Crippen molar-refractivity contribution < 1.29 is 9.18 Å². The maximum atomic E-state index is 14.0. The standard InChI is InChI=1S/C28H35FN8O/c1-4-30-10-11-32-22-7-5-6-21(19-14-20(29)16-31-15-19)35-24(22)18-8-12-37(13-9-18)26-23-25(33-17-34-26)36-27(38)28(23,2)3/h5-7,14-18,21,30,32H,4,8-13H2,1-3H3,(H,33,34,36,38). The third-order valence-corrected chi connectivity index (χ3v) is 7.48. The molecule has 0 radical (unpaired) electrons. The monoisotopic (exact) mass is 518 g/mol. The fourth-order valence-corrected chi connectivity index (χ4v) is 5.35. The molecule has 3 aliphatic heterocycles. The summed E-state index contributed by atoms with van der Waals surface area (Å²) in [7, 11) is 0. The molecule has 1 atom stereocenters. The van der Waals surface area contributed by atoms with Crippen LogP contribution in [-0.2, 0) is 10.2 Å². The summed E-state index contributed by atoms with van der Waals surface area (Å²) in [6.45, 7) is 10.0. The van der Waals surface area contributed by atoms with Crippen LogP contribution in [0.25, 0.3) is 0 Å². The maximum absolute atomic E-state index is 14.0. The van der Waals surface area contributed by atoms with Crippen molar-refractivity contribution >= 4 is 23.3 Å². The maximum Gasteiger partial charge on any atom is 0.235 e. The molecular weight excluding hydrogens is 483 g/mol. The van der Waals surface area contributed by atoms with E-state index in [0.29, 0.717) is 5.82 Å². The minimum Gasteiger partial charge on any atom is -0.382 e. The van der Waals surface area contributed by atoms with Crippen molar-refractivity contribution in [3.63, 3.8) is 0 Å². The topological polar surface area (TPSA) is 107 Å². The molecule has 2 aromatic heterocycles. The van der Waals surface area contributed by atoms with Crippen molar-refractivity contribution in [2.24, 2.45) is 10.9 Å². The summed E-state index contributed by atoms with van der Waals surface area (Å²) in [4.78, 5) is 32.9. The van der Waals surface area contributed by atoms with Crippen LogP contribution in [0.1, 0.15) is 50.8 Å². The van der Waals surface area contributed by atoms with Gasteiger partial charge in [-0.2, -0.15) is 0 Å². The molecule has 5 heterocycles. The Morgan fingerprint density at radius 1 is 1.18 bits per heavy atom. The predicted octanol–water partition coefficient (Wildman–Crippen LogP) is 3.29. The van der Waals surface area contributed by atoms with E-state index in [4.69, 9.17) is 4.99 Å². The van der Waals surface area contributed by atoms with Crippen LogP contribution in [0.4, 0.5) is 16.0 Å². The van der Waals surface area contributed by atoms with E-state index in [9.17, 15) is 9.18 Å². The Balaban J connectivity index is 1.38. The van der Waals surface area contributed by atoms with Gasteiger partial charge in [-0.3, -0.25) is 14.8 Å². The number of piperidine rings is 1. The molecular formula is C28H35FN8O. The number of halogens is 1. The average molecular weight is 519 g/mol. The fraction of sp³-hybridized carbons (Fsp3) is 0.464. The van der Waals surface area contributed by atoms with Crippen LogP contribution in [0.5, 0.6) is 0 Å². The van der Waals surface area contributed by atoms with Crippen molar-refractivity contribution in [3.8, 4) is 0 Å². The number of amides is 1. The molecule has 0 aliphatic carbocycles. The highest BCUT2D eigenvalue weighted by atomic mass is 19.1. The largest absolute Gasteiger partial charge is 0.382 e. The number of hydrogen-bond acceptors (Lipinski definition) is 8. The predicted molar refractivity (Wildman–Crippen MR) is 147 cm³/mol. The van der Waals surface area contributed by atoms with Crippen molar-refractivity contribution in [1.29, 1.82) is 0 Å². The summed E-state index contributed by atoms with van der Waals surface area (Å²) in [6, 6.07) is 1.20. The zero-order valence-electron chi connectivity index (χ0n) is 22.2. The van der Waals surface area contributed by atoms with Crippen LogP contribution in [-0.4, -0.2) is 59.3 Å². The van der Waals surface area contributed by atoms with Crippen molar-refractivity contribution in [2.45, 2.75) is 45.1 Å². The van der Waals surface area contributed by atoms with Gasteiger partial charge in [0, 0.05) is 43.9 Å². The number of allylic oxidation sites excluding steroid dienone is 3. The van der Waals surface area contributed by atoms with Gasteiger partial charge in [-0.1, -0.05) is 19.1 Å². The number of rotatable bonds is 8. The molecule has 1 fully saturated rings. The normalized spacial score (nSPS) is 20.9. The van der Waals surface area contributed by atoms with E-state index in [-0.39, 0.29) is 23.7 Å². The second-order valence-corrected chi connectivity index (χ2v) is 10.4. The van der Waals surface area contributed by atoms with Gasteiger partial charge in [0.05, 0.1) is 34.6 Å². The Bertz CT molecular complexity index is 1280. The van der Waals surface area contributed by atoms with E-state index in [1.165, 1.54) is 18.6 Å². The van der Waals surface area contributed by atoms with E-state index in [1.807, 2.05) is 26.0 Å². The van der Waals surface area contributed by atoms with Gasteiger partial charge in [0.15, 0.2) is 0 Å². The Morgan fingerprint density at radius 3 is 2.76 bits per heavy atom. The van der Waals surface area contributed by atoms with E-state index in [0.717, 1.165) is 73.9 Å². The van der Waals surface area contributed by atoms with Crippen LogP contribution in [0.3, 0.4) is 0 Å². The number of aliphatic imine (C=N–C) groups is 1. The van der Waals surface area contributed by atoms with E-state index in [1.54, 1.807) is 6.20 Å². The number of carbonyl (C=O) groups excluding carboxylic acids is 1. The second-order valence-electron chi connectivity index (χ2n) is 10.4. The lowest BCUT2D eigenvalue weighted by Crippen LogP contribution is -2.40. The van der Waals surface area contributed by atoms with Gasteiger partial charge in [0.2, 0.25) is 5.91 Å². The molecule has 200 valence electrons. The molecule has 0 saturated carbocycles. The fourth-order valence-electron chi connectivity index (χ4n) is 5.35. The minimum absolute atomic E-state index is 0.0549. The zero-order valence-corrected chi connectivity index (χ0v) is 22.2. The molecule has 3 aliphatic rings. The first-order valence-electron chi connectivity index (χ1n) is 13.3. The smallest absolute Gasteiger partial charge is 0.235 e. The molecule has 2 aromatic rings. The Kier molecular flexibility index (Phi) is 7.51. The van der Waals surface area contributed by atoms with Gasteiger partial charge in [-0.15, -0.1) is 0 Å². The lowest BCUT2D eigenvalue weighted by atomic mass is 9.85. The first-order chi connectivity index (χ1) is 18.4. The number of anilines is 2. The molecule has 3 N–H and O–H groups in total. The third kappa shape index (κ3) is 5.18. The summed E-state index contributed by atoms with van der Waals surface area (Å²) in [5.41, 5.74) is 2.92. The van der Waals surface area contributed by atoms with Gasteiger partial charge in [0.25, 0.3) is 0 Å². The van der Waals surface area contributed by atoms with Gasteiger partial charge < -0.3 is 20.9 Å². The Labute approximate surface area is 222 Å². The minimum atomic E-state index is -0.682. The molecule has 1 unspecified atom stereocenters. The van der Waals surface area contributed by atoms with Crippen LogP contribution in [0.2, 0.25) is 0 Å². The molecule has 0 aromatic carbocycles. The first kappa shape index (κ1) is 26.0. The van der Waals surface area contributed by atoms with Gasteiger partial charge in [0.1, 0.15) is 23.8 Å². The van der Waals surface area contributed by atoms with Crippen LogP contribution >= 0.6 is 0 Å². The SMILES string of the molecule is CCNCCNC1=CC=CC(c2cncc(F)c2)N=C1C1CCN(c2ncnc3c2C(C)(C)C(=O)N3)CC1. The quantitative estimate of drug-likeness (QED) is 0.461. The summed E-state index contributed by atoms with van der Waals surface area (Å²) < 4.78 is 14.0. The Hall–Kier alpha value is -3.66. The lowest BCUT2D eigenvalue weighted by Gasteiger charge is -2.36. The molecule has 0 spiro atoms. The number of fused-ring (bicyclic) bond motifs is 1. The van der Waals surface area contributed by atoms with Gasteiger partial charge >= 0.3 is 0 Å². The number of aromatic nitrogens is 3. The lowest BCUT2D eigenvalue weighted by molar-refractivity contribution is -0.119. The molecule has 0 bridgehead atoms. The second kappa shape index (κ2) is 11.0. The van der Waals surface area contributed by atoms with Crippen molar-refractivity contribution in [3.05, 3.63) is 65.7 Å². The summed E-state index contributed by atoms with van der Waals surface area (Å²) in [6.07, 6.45) is 12.2. The van der Waals surface area contributed by atoms with Crippen molar-refractivity contribution in [2.75, 3.05) is 42.9 Å². The number of pyridine rings is 1. The molecule has 10 heteroatoms. The number of hydrogen-bond donors (Lipinski definition) is 3. The van der Waals surface area contributed by atoms with Crippen LogP contribution < -0.4 is 20.9 Å². The third-order valence-electron chi connectivity index (χ3n) is 7.48. The van der Waals surface area contributed by atoms with Gasteiger partial charge in [-0.05, 0) is 45.4 Å². The van der Waals surface area contributed by atoms with Gasteiger partial charge in [-0.25, -0.2) is 14.4 Å². The zero-order chi connectivity index (χ0) is 26.7. The summed E-state index contributed by atoms with van der Waals surface area (Å²) in [5, 5.41) is 9.81. The average Bonchev–Trinajstić information content (AvgIpc) is 3.04. The number of nitrogens with zero attached hydrogens (tertiary/aromatic N) is 5. The summed E-state index contributed by atoms with van der Waals surface area (Å²) >= 11 is 0. The Morgan fingerprint density at radius 2 is 2.00 bits per heavy atom. The highest BCUT2D eigenvalue weighted by molar-refractivity contribution is 6.06. The van der Waals surface area contributed by atoms with Crippen molar-refractivity contribution in [1.82, 2.24) is 25.6 Å². The highest BCUT2D eigenvalue weighted by Gasteiger charge is 2.43. The highest BCUT2D eigenvalue weighted by Crippen LogP contribution is 2.42.